The third kappa shape index (κ3) is 6.06. The monoisotopic (exact) mass is 296 g/mol. The summed E-state index contributed by atoms with van der Waals surface area (Å²) in [6.45, 7) is 7.94. The molecule has 0 saturated heterocycles. The van der Waals surface area contributed by atoms with E-state index in [2.05, 4.69) is 5.32 Å². The third-order valence-electron chi connectivity index (χ3n) is 4.35. The van der Waals surface area contributed by atoms with Gasteiger partial charge in [-0.15, -0.1) is 0 Å². The van der Waals surface area contributed by atoms with Gasteiger partial charge in [0.1, 0.15) is 0 Å². The second-order valence-corrected chi connectivity index (χ2v) is 7.53. The minimum absolute atomic E-state index is 0.00773. The van der Waals surface area contributed by atoms with E-state index in [9.17, 15) is 9.59 Å². The van der Waals surface area contributed by atoms with Gasteiger partial charge in [0, 0.05) is 17.4 Å². The maximum Gasteiger partial charge on any atom is 0.224 e. The zero-order chi connectivity index (χ0) is 16.0. The molecule has 0 heterocycles. The Hall–Kier alpha value is -1.06. The highest BCUT2D eigenvalue weighted by atomic mass is 16.2. The summed E-state index contributed by atoms with van der Waals surface area (Å²) in [7, 11) is 0. The SMILES string of the molecule is CCC[C@H](C(N)=O)[C@@H](CC1CCCC1)C(=O)NC(C)(C)C. The van der Waals surface area contributed by atoms with Crippen molar-refractivity contribution < 1.29 is 9.59 Å². The maximum atomic E-state index is 12.6. The summed E-state index contributed by atoms with van der Waals surface area (Å²) in [6.07, 6.45) is 7.21. The van der Waals surface area contributed by atoms with Crippen molar-refractivity contribution in [3.05, 3.63) is 0 Å². The number of rotatable bonds is 7. The Labute approximate surface area is 129 Å². The number of amides is 2. The average molecular weight is 296 g/mol. The minimum Gasteiger partial charge on any atom is -0.369 e. The van der Waals surface area contributed by atoms with E-state index in [1.807, 2.05) is 27.7 Å². The van der Waals surface area contributed by atoms with Gasteiger partial charge in [-0.2, -0.15) is 0 Å². The van der Waals surface area contributed by atoms with Crippen LogP contribution in [0.3, 0.4) is 0 Å². The van der Waals surface area contributed by atoms with Crippen molar-refractivity contribution in [1.82, 2.24) is 5.32 Å². The molecule has 1 aliphatic rings. The van der Waals surface area contributed by atoms with Crippen LogP contribution in [0.15, 0.2) is 0 Å². The summed E-state index contributed by atoms with van der Waals surface area (Å²) in [5.41, 5.74) is 5.30. The van der Waals surface area contributed by atoms with Gasteiger partial charge in [-0.25, -0.2) is 0 Å². The molecule has 4 nitrogen and oxygen atoms in total. The molecule has 0 aliphatic heterocycles. The van der Waals surface area contributed by atoms with Crippen LogP contribution in [0.2, 0.25) is 0 Å². The van der Waals surface area contributed by atoms with Crippen LogP contribution in [-0.2, 0) is 9.59 Å². The van der Waals surface area contributed by atoms with E-state index >= 15 is 0 Å². The fraction of sp³-hybridized carbons (Fsp3) is 0.882. The number of nitrogens with one attached hydrogen (secondary N) is 1. The Morgan fingerprint density at radius 3 is 2.19 bits per heavy atom. The minimum atomic E-state index is -0.335. The zero-order valence-electron chi connectivity index (χ0n) is 14.1. The molecule has 1 aliphatic carbocycles. The lowest BCUT2D eigenvalue weighted by Crippen LogP contribution is -2.48. The van der Waals surface area contributed by atoms with E-state index in [4.69, 9.17) is 5.73 Å². The maximum absolute atomic E-state index is 12.6. The predicted octanol–water partition coefficient (Wildman–Crippen LogP) is 3.00. The third-order valence-corrected chi connectivity index (χ3v) is 4.35. The molecular formula is C17H32N2O2. The highest BCUT2D eigenvalue weighted by molar-refractivity contribution is 5.87. The molecule has 0 aromatic heterocycles. The highest BCUT2D eigenvalue weighted by Gasteiger charge is 2.35. The molecular weight excluding hydrogens is 264 g/mol. The summed E-state index contributed by atoms with van der Waals surface area (Å²) < 4.78 is 0. The topological polar surface area (TPSA) is 72.2 Å². The van der Waals surface area contributed by atoms with Crippen LogP contribution in [0.25, 0.3) is 0 Å². The second-order valence-electron chi connectivity index (χ2n) is 7.53. The quantitative estimate of drug-likeness (QED) is 0.758. The molecule has 0 radical (unpaired) electrons. The first-order valence-electron chi connectivity index (χ1n) is 8.36. The largest absolute Gasteiger partial charge is 0.369 e. The van der Waals surface area contributed by atoms with E-state index in [0.717, 1.165) is 12.8 Å². The van der Waals surface area contributed by atoms with Gasteiger partial charge in [0.05, 0.1) is 0 Å². The van der Waals surface area contributed by atoms with E-state index in [1.165, 1.54) is 25.7 Å². The van der Waals surface area contributed by atoms with Gasteiger partial charge < -0.3 is 11.1 Å². The summed E-state index contributed by atoms with van der Waals surface area (Å²) in [5, 5.41) is 3.04. The predicted molar refractivity (Wildman–Crippen MR) is 85.6 cm³/mol. The molecule has 0 bridgehead atoms. The summed E-state index contributed by atoms with van der Waals surface area (Å²) >= 11 is 0. The lowest BCUT2D eigenvalue weighted by molar-refractivity contribution is -0.135. The van der Waals surface area contributed by atoms with Crippen LogP contribution in [-0.4, -0.2) is 17.4 Å². The Morgan fingerprint density at radius 2 is 1.76 bits per heavy atom. The van der Waals surface area contributed by atoms with Crippen molar-refractivity contribution in [2.24, 2.45) is 23.5 Å². The summed E-state index contributed by atoms with van der Waals surface area (Å²) in [5.74, 6) is -0.377. The Morgan fingerprint density at radius 1 is 1.19 bits per heavy atom. The lowest BCUT2D eigenvalue weighted by atomic mass is 9.80. The second kappa shape index (κ2) is 7.81. The number of primary amides is 1. The van der Waals surface area contributed by atoms with E-state index in [1.54, 1.807) is 0 Å². The summed E-state index contributed by atoms with van der Waals surface area (Å²) in [6, 6.07) is 0. The van der Waals surface area contributed by atoms with Gasteiger partial charge in [-0.3, -0.25) is 9.59 Å². The molecule has 1 saturated carbocycles. The zero-order valence-corrected chi connectivity index (χ0v) is 14.1. The van der Waals surface area contributed by atoms with Gasteiger partial charge in [-0.1, -0.05) is 39.0 Å². The van der Waals surface area contributed by atoms with Crippen molar-refractivity contribution in [3.63, 3.8) is 0 Å². The van der Waals surface area contributed by atoms with Crippen LogP contribution >= 0.6 is 0 Å². The van der Waals surface area contributed by atoms with Crippen LogP contribution in [0.4, 0.5) is 0 Å². The van der Waals surface area contributed by atoms with Crippen molar-refractivity contribution in [1.29, 1.82) is 0 Å². The number of nitrogens with two attached hydrogens (primary N) is 1. The fourth-order valence-electron chi connectivity index (χ4n) is 3.37. The standard InChI is InChI=1S/C17H32N2O2/c1-5-8-13(15(18)20)14(11-12-9-6-7-10-12)16(21)19-17(2,3)4/h12-14H,5-11H2,1-4H3,(H2,18,20)(H,19,21)/t13-,14+/m0/s1. The van der Waals surface area contributed by atoms with E-state index in [-0.39, 0.29) is 29.2 Å². The van der Waals surface area contributed by atoms with Gasteiger partial charge in [0.2, 0.25) is 11.8 Å². The van der Waals surface area contributed by atoms with Crippen LogP contribution in [0.5, 0.6) is 0 Å². The molecule has 21 heavy (non-hydrogen) atoms. The molecule has 2 amide bonds. The molecule has 122 valence electrons. The molecule has 1 rings (SSSR count). The molecule has 2 atom stereocenters. The smallest absolute Gasteiger partial charge is 0.224 e. The molecule has 1 fully saturated rings. The van der Waals surface area contributed by atoms with Gasteiger partial charge in [0.25, 0.3) is 0 Å². The van der Waals surface area contributed by atoms with Crippen LogP contribution in [0, 0.1) is 17.8 Å². The molecule has 0 aromatic carbocycles. The fourth-order valence-corrected chi connectivity index (χ4v) is 3.37. The van der Waals surface area contributed by atoms with Gasteiger partial charge >= 0.3 is 0 Å². The molecule has 0 spiro atoms. The number of carbonyl (C=O) groups is 2. The van der Waals surface area contributed by atoms with Crippen molar-refractivity contribution in [2.75, 3.05) is 0 Å². The van der Waals surface area contributed by atoms with E-state index in [0.29, 0.717) is 12.3 Å². The Kier molecular flexibility index (Phi) is 6.69. The Balaban J connectivity index is 2.85. The van der Waals surface area contributed by atoms with E-state index < -0.39 is 0 Å². The first-order valence-corrected chi connectivity index (χ1v) is 8.36. The van der Waals surface area contributed by atoms with Crippen LogP contribution in [0.1, 0.15) is 72.6 Å². The Bertz CT molecular complexity index is 354. The molecule has 0 aromatic rings. The number of carbonyl (C=O) groups excluding carboxylic acids is 2. The van der Waals surface area contributed by atoms with Crippen molar-refractivity contribution in [2.45, 2.75) is 78.2 Å². The highest BCUT2D eigenvalue weighted by Crippen LogP contribution is 2.34. The van der Waals surface area contributed by atoms with Crippen molar-refractivity contribution >= 4 is 11.8 Å². The summed E-state index contributed by atoms with van der Waals surface area (Å²) in [4.78, 5) is 24.5. The number of hydrogen-bond donors (Lipinski definition) is 2. The van der Waals surface area contributed by atoms with Crippen molar-refractivity contribution in [3.8, 4) is 0 Å². The number of hydrogen-bond acceptors (Lipinski definition) is 2. The molecule has 4 heteroatoms. The normalized spacial score (nSPS) is 19.2. The van der Waals surface area contributed by atoms with Gasteiger partial charge in [0.15, 0.2) is 0 Å². The van der Waals surface area contributed by atoms with Crippen LogP contribution < -0.4 is 11.1 Å². The first-order chi connectivity index (χ1) is 9.74. The molecule has 0 unspecified atom stereocenters. The van der Waals surface area contributed by atoms with Gasteiger partial charge in [-0.05, 0) is 39.5 Å². The molecule has 3 N–H and O–H groups in total. The average Bonchev–Trinajstić information content (AvgIpc) is 2.83. The lowest BCUT2D eigenvalue weighted by Gasteiger charge is -2.30. The first kappa shape index (κ1) is 18.0.